The van der Waals surface area contributed by atoms with Crippen LogP contribution in [0.1, 0.15) is 20.3 Å². The molecule has 1 N–H and O–H groups in total. The van der Waals surface area contributed by atoms with Crippen molar-refractivity contribution in [2.24, 2.45) is 11.8 Å². The number of nitrogens with zero attached hydrogens (tertiary/aromatic N) is 3. The molecule has 1 fully saturated rings. The van der Waals surface area contributed by atoms with Gasteiger partial charge in [-0.25, -0.2) is 13.4 Å². The largest absolute Gasteiger partial charge is 0.325 e. The van der Waals surface area contributed by atoms with Crippen LogP contribution in [0.3, 0.4) is 0 Å². The number of piperidine rings is 1. The zero-order chi connectivity index (χ0) is 22.9. The van der Waals surface area contributed by atoms with Crippen LogP contribution in [0.25, 0.3) is 10.9 Å². The number of rotatable bonds is 5. The second-order valence-corrected chi connectivity index (χ2v) is 10.5. The molecular weight excluding hydrogens is 428 g/mol. The Balaban J connectivity index is 1.45. The highest BCUT2D eigenvalue weighted by Crippen LogP contribution is 2.27. The Kier molecular flexibility index (Phi) is 6.12. The second-order valence-electron chi connectivity index (χ2n) is 8.54. The standard InChI is InChI=1S/C23H26N4O4S/c1-16-11-17(2)13-27(12-16)32(30,31)19-9-7-18(8-10-19)25-22(28)14-26-15-24-21-6-4-3-5-20(21)23(26)29/h3-10,15-17H,11-14H2,1-2H3,(H,25,28). The van der Waals surface area contributed by atoms with Crippen molar-refractivity contribution in [2.45, 2.75) is 31.7 Å². The summed E-state index contributed by atoms with van der Waals surface area (Å²) in [6, 6.07) is 13.1. The highest BCUT2D eigenvalue weighted by atomic mass is 32.2. The lowest BCUT2D eigenvalue weighted by molar-refractivity contribution is -0.116. The van der Waals surface area contributed by atoms with E-state index in [4.69, 9.17) is 0 Å². The number of carbonyl (C=O) groups is 1. The average Bonchev–Trinajstić information content (AvgIpc) is 2.75. The zero-order valence-electron chi connectivity index (χ0n) is 18.1. The van der Waals surface area contributed by atoms with Gasteiger partial charge in [0.05, 0.1) is 22.1 Å². The monoisotopic (exact) mass is 454 g/mol. The fraction of sp³-hybridized carbons (Fsp3) is 0.348. The van der Waals surface area contributed by atoms with E-state index in [2.05, 4.69) is 24.1 Å². The minimum Gasteiger partial charge on any atom is -0.325 e. The van der Waals surface area contributed by atoms with E-state index >= 15 is 0 Å². The van der Waals surface area contributed by atoms with Gasteiger partial charge in [-0.05, 0) is 54.7 Å². The number of sulfonamides is 1. The van der Waals surface area contributed by atoms with Crippen molar-refractivity contribution in [2.75, 3.05) is 18.4 Å². The van der Waals surface area contributed by atoms with E-state index in [-0.39, 0.29) is 17.0 Å². The van der Waals surface area contributed by atoms with Gasteiger partial charge in [0.1, 0.15) is 6.54 Å². The molecule has 8 nitrogen and oxygen atoms in total. The quantitative estimate of drug-likeness (QED) is 0.639. The predicted molar refractivity (Wildman–Crippen MR) is 123 cm³/mol. The van der Waals surface area contributed by atoms with E-state index in [0.717, 1.165) is 6.42 Å². The first-order valence-electron chi connectivity index (χ1n) is 10.6. The predicted octanol–water partition coefficient (Wildman–Crippen LogP) is 2.70. The Hall–Kier alpha value is -3.04. The van der Waals surface area contributed by atoms with Crippen molar-refractivity contribution in [1.82, 2.24) is 13.9 Å². The van der Waals surface area contributed by atoms with Crippen LogP contribution in [-0.2, 0) is 21.4 Å². The molecule has 4 rings (SSSR count). The van der Waals surface area contributed by atoms with E-state index in [1.807, 2.05) is 0 Å². The summed E-state index contributed by atoms with van der Waals surface area (Å²) in [6.45, 7) is 4.96. The topological polar surface area (TPSA) is 101 Å². The number of aromatic nitrogens is 2. The van der Waals surface area contributed by atoms with E-state index in [0.29, 0.717) is 41.5 Å². The number of amides is 1. The van der Waals surface area contributed by atoms with Crippen molar-refractivity contribution in [3.63, 3.8) is 0 Å². The highest BCUT2D eigenvalue weighted by Gasteiger charge is 2.31. The zero-order valence-corrected chi connectivity index (χ0v) is 18.9. The van der Waals surface area contributed by atoms with Crippen LogP contribution < -0.4 is 10.9 Å². The van der Waals surface area contributed by atoms with Gasteiger partial charge in [0.15, 0.2) is 0 Å². The molecule has 32 heavy (non-hydrogen) atoms. The summed E-state index contributed by atoms with van der Waals surface area (Å²) in [5.74, 6) is 0.235. The van der Waals surface area contributed by atoms with E-state index < -0.39 is 15.9 Å². The van der Waals surface area contributed by atoms with E-state index in [1.54, 1.807) is 40.7 Å². The number of carbonyl (C=O) groups excluding carboxylic acids is 1. The molecule has 2 aromatic carbocycles. The first-order valence-corrected chi connectivity index (χ1v) is 12.0. The van der Waals surface area contributed by atoms with Gasteiger partial charge in [0.2, 0.25) is 15.9 Å². The number of fused-ring (bicyclic) bond motifs is 1. The summed E-state index contributed by atoms with van der Waals surface area (Å²) < 4.78 is 28.8. The molecule has 1 saturated heterocycles. The highest BCUT2D eigenvalue weighted by molar-refractivity contribution is 7.89. The summed E-state index contributed by atoms with van der Waals surface area (Å²) in [4.78, 5) is 29.4. The molecule has 2 atom stereocenters. The maximum Gasteiger partial charge on any atom is 0.261 e. The van der Waals surface area contributed by atoms with Crippen LogP contribution in [0.4, 0.5) is 5.69 Å². The smallest absolute Gasteiger partial charge is 0.261 e. The Bertz CT molecular complexity index is 1290. The van der Waals surface area contributed by atoms with Gasteiger partial charge in [-0.15, -0.1) is 0 Å². The third-order valence-corrected chi connectivity index (χ3v) is 7.50. The molecule has 1 aliphatic heterocycles. The van der Waals surface area contributed by atoms with E-state index in [9.17, 15) is 18.0 Å². The van der Waals surface area contributed by atoms with Gasteiger partial charge in [-0.1, -0.05) is 26.0 Å². The lowest BCUT2D eigenvalue weighted by Crippen LogP contribution is -2.42. The molecule has 1 aliphatic rings. The Morgan fingerprint density at radius 2 is 1.72 bits per heavy atom. The fourth-order valence-electron chi connectivity index (χ4n) is 4.24. The number of hydrogen-bond donors (Lipinski definition) is 1. The number of para-hydroxylation sites is 1. The molecule has 0 aliphatic carbocycles. The molecule has 2 unspecified atom stereocenters. The third kappa shape index (κ3) is 4.58. The minimum atomic E-state index is -3.58. The maximum absolute atomic E-state index is 13.0. The molecule has 3 aromatic rings. The van der Waals surface area contributed by atoms with Gasteiger partial charge in [-0.3, -0.25) is 14.2 Å². The first-order chi connectivity index (χ1) is 15.2. The van der Waals surface area contributed by atoms with Crippen molar-refractivity contribution in [1.29, 1.82) is 0 Å². The molecule has 1 amide bonds. The Morgan fingerprint density at radius 3 is 2.41 bits per heavy atom. The molecule has 9 heteroatoms. The summed E-state index contributed by atoms with van der Waals surface area (Å²) in [5, 5.41) is 3.15. The summed E-state index contributed by atoms with van der Waals surface area (Å²) in [7, 11) is -3.58. The van der Waals surface area contributed by atoms with Gasteiger partial charge >= 0.3 is 0 Å². The summed E-state index contributed by atoms with van der Waals surface area (Å²) in [6.07, 6.45) is 2.37. The van der Waals surface area contributed by atoms with Crippen molar-refractivity contribution in [3.05, 3.63) is 65.2 Å². The van der Waals surface area contributed by atoms with Crippen LogP contribution in [0.15, 0.2) is 64.5 Å². The average molecular weight is 455 g/mol. The Labute approximate surface area is 186 Å². The fourth-order valence-corrected chi connectivity index (χ4v) is 5.91. The van der Waals surface area contributed by atoms with Crippen LogP contribution >= 0.6 is 0 Å². The van der Waals surface area contributed by atoms with Gasteiger partial charge in [0, 0.05) is 18.8 Å². The van der Waals surface area contributed by atoms with Crippen molar-refractivity contribution >= 4 is 32.5 Å². The third-order valence-electron chi connectivity index (χ3n) is 5.66. The lowest BCUT2D eigenvalue weighted by Gasteiger charge is -2.34. The van der Waals surface area contributed by atoms with Crippen LogP contribution in [0.2, 0.25) is 0 Å². The molecule has 1 aromatic heterocycles. The normalized spacial score (nSPS) is 19.7. The van der Waals surface area contributed by atoms with Gasteiger partial charge < -0.3 is 5.32 Å². The number of hydrogen-bond acceptors (Lipinski definition) is 5. The first kappa shape index (κ1) is 22.2. The number of benzene rings is 2. The summed E-state index contributed by atoms with van der Waals surface area (Å²) in [5.41, 5.74) is 0.733. The number of anilines is 1. The van der Waals surface area contributed by atoms with Crippen molar-refractivity contribution in [3.8, 4) is 0 Å². The lowest BCUT2D eigenvalue weighted by atomic mass is 9.94. The second kappa shape index (κ2) is 8.84. The molecule has 168 valence electrons. The van der Waals surface area contributed by atoms with Crippen LogP contribution in [0, 0.1) is 11.8 Å². The SMILES string of the molecule is CC1CC(C)CN(S(=O)(=O)c2ccc(NC(=O)Cn3cnc4ccccc4c3=O)cc2)C1. The molecule has 0 bridgehead atoms. The molecule has 0 spiro atoms. The van der Waals surface area contributed by atoms with Crippen molar-refractivity contribution < 1.29 is 13.2 Å². The van der Waals surface area contributed by atoms with Gasteiger partial charge in [0.25, 0.3) is 5.56 Å². The van der Waals surface area contributed by atoms with Crippen LogP contribution in [0.5, 0.6) is 0 Å². The molecule has 0 saturated carbocycles. The van der Waals surface area contributed by atoms with Gasteiger partial charge in [-0.2, -0.15) is 4.31 Å². The molecule has 2 heterocycles. The maximum atomic E-state index is 13.0. The van der Waals surface area contributed by atoms with Crippen LogP contribution in [-0.4, -0.2) is 41.3 Å². The van der Waals surface area contributed by atoms with E-state index in [1.165, 1.54) is 23.0 Å². The summed E-state index contributed by atoms with van der Waals surface area (Å²) >= 11 is 0. The minimum absolute atomic E-state index is 0.194. The molecular formula is C23H26N4O4S. The molecule has 0 radical (unpaired) electrons. The Morgan fingerprint density at radius 1 is 1.06 bits per heavy atom. The number of nitrogens with one attached hydrogen (secondary N) is 1.